The number of aliphatic hydroxyl groups excluding tert-OH is 1. The van der Waals surface area contributed by atoms with Crippen LogP contribution in [0.15, 0.2) is 60.7 Å². The van der Waals surface area contributed by atoms with E-state index in [0.717, 1.165) is 25.7 Å². The number of hydrogen-bond acceptors (Lipinski definition) is 5. The van der Waals surface area contributed by atoms with E-state index >= 15 is 0 Å². The third kappa shape index (κ3) is 5.70. The number of pyridine rings is 1. The molecule has 0 saturated carbocycles. The van der Waals surface area contributed by atoms with Gasteiger partial charge >= 0.3 is 0 Å². The monoisotopic (exact) mass is 372 g/mol. The van der Waals surface area contributed by atoms with E-state index < -0.39 is 6.10 Å². The lowest BCUT2D eigenvalue weighted by molar-refractivity contribution is 0.157. The second-order valence-corrected chi connectivity index (χ2v) is 6.82. The van der Waals surface area contributed by atoms with Crippen LogP contribution < -0.4 is 0 Å². The second-order valence-electron chi connectivity index (χ2n) is 6.82. The molecule has 2 aromatic heterocycles. The van der Waals surface area contributed by atoms with Gasteiger partial charge in [0.15, 0.2) is 0 Å². The first-order chi connectivity index (χ1) is 13.8. The molecule has 3 aromatic rings. The van der Waals surface area contributed by atoms with Gasteiger partial charge in [0.1, 0.15) is 17.5 Å². The van der Waals surface area contributed by atoms with Crippen LogP contribution in [-0.2, 0) is 6.42 Å². The Bertz CT molecular complexity index is 904. The summed E-state index contributed by atoms with van der Waals surface area (Å²) in [5.41, 5.74) is 3.49. The molecule has 28 heavy (non-hydrogen) atoms. The van der Waals surface area contributed by atoms with Crippen LogP contribution in [0.4, 0.5) is 0 Å². The van der Waals surface area contributed by atoms with E-state index in [9.17, 15) is 5.11 Å². The molecule has 5 heteroatoms. The van der Waals surface area contributed by atoms with Crippen molar-refractivity contribution in [2.45, 2.75) is 44.6 Å². The molecular weight excluding hydrogens is 348 g/mol. The van der Waals surface area contributed by atoms with Crippen LogP contribution in [-0.4, -0.2) is 20.3 Å². The molecule has 1 N–H and O–H groups in total. The van der Waals surface area contributed by atoms with Crippen LogP contribution in [0.25, 0.3) is 11.4 Å². The number of aryl methyl sites for hydroxylation is 1. The summed E-state index contributed by atoms with van der Waals surface area (Å²) >= 11 is 0. The lowest BCUT2D eigenvalue weighted by atomic mass is 10.0. The average molecular weight is 372 g/mol. The van der Waals surface area contributed by atoms with Crippen molar-refractivity contribution in [3.8, 4) is 17.5 Å². The summed E-state index contributed by atoms with van der Waals surface area (Å²) < 4.78 is 0. The molecule has 0 saturated heterocycles. The third-order valence-electron chi connectivity index (χ3n) is 4.69. The quantitative estimate of drug-likeness (QED) is 0.553. The number of aliphatic hydroxyl groups is 1. The van der Waals surface area contributed by atoms with Crippen LogP contribution in [0.2, 0.25) is 0 Å². The second kappa shape index (κ2) is 10.3. The molecule has 0 aliphatic carbocycles. The molecular formula is C23H24N4O. The Hall–Kier alpha value is -3.10. The number of benzene rings is 1. The van der Waals surface area contributed by atoms with Crippen LogP contribution in [0.5, 0.6) is 0 Å². The zero-order valence-electron chi connectivity index (χ0n) is 15.8. The van der Waals surface area contributed by atoms with Crippen LogP contribution in [0, 0.1) is 11.3 Å². The van der Waals surface area contributed by atoms with Crippen molar-refractivity contribution < 1.29 is 5.11 Å². The number of aromatic nitrogens is 3. The Morgan fingerprint density at radius 1 is 0.821 bits per heavy atom. The predicted octanol–water partition coefficient (Wildman–Crippen LogP) is 4.64. The zero-order valence-corrected chi connectivity index (χ0v) is 15.8. The molecule has 0 aliphatic heterocycles. The van der Waals surface area contributed by atoms with Crippen LogP contribution in [0.1, 0.15) is 55.2 Å². The van der Waals surface area contributed by atoms with Crippen molar-refractivity contribution in [3.05, 3.63) is 77.6 Å². The van der Waals surface area contributed by atoms with Gasteiger partial charge in [0.05, 0.1) is 17.5 Å². The van der Waals surface area contributed by atoms with E-state index in [1.807, 2.05) is 12.1 Å². The zero-order chi connectivity index (χ0) is 19.6. The highest BCUT2D eigenvalue weighted by molar-refractivity contribution is 5.54. The van der Waals surface area contributed by atoms with Gasteiger partial charge in [-0.05, 0) is 49.1 Å². The fraction of sp³-hybridized carbons (Fsp3) is 0.304. The maximum atomic E-state index is 10.3. The van der Waals surface area contributed by atoms with E-state index in [1.165, 1.54) is 12.0 Å². The fourth-order valence-corrected chi connectivity index (χ4v) is 3.11. The minimum Gasteiger partial charge on any atom is -0.387 e. The van der Waals surface area contributed by atoms with E-state index in [4.69, 9.17) is 5.26 Å². The Morgan fingerprint density at radius 3 is 2.39 bits per heavy atom. The lowest BCUT2D eigenvalue weighted by Gasteiger charge is -2.10. The first kappa shape index (κ1) is 19.7. The van der Waals surface area contributed by atoms with Crippen molar-refractivity contribution >= 4 is 0 Å². The SMILES string of the molecule is N#Cc1cccc(-c2ccc(C(O)CCCCCCc3ccccc3)nn2)n1. The van der Waals surface area contributed by atoms with Gasteiger partial charge in [-0.15, -0.1) is 5.10 Å². The highest BCUT2D eigenvalue weighted by Gasteiger charge is 2.11. The smallest absolute Gasteiger partial charge is 0.141 e. The normalized spacial score (nSPS) is 11.7. The molecule has 1 unspecified atom stereocenters. The third-order valence-corrected chi connectivity index (χ3v) is 4.69. The molecule has 3 rings (SSSR count). The van der Waals surface area contributed by atoms with Crippen molar-refractivity contribution in [2.24, 2.45) is 0 Å². The molecule has 2 heterocycles. The Morgan fingerprint density at radius 2 is 1.64 bits per heavy atom. The Balaban J connectivity index is 1.42. The molecule has 0 spiro atoms. The Kier molecular flexibility index (Phi) is 7.22. The average Bonchev–Trinajstić information content (AvgIpc) is 2.77. The molecule has 0 bridgehead atoms. The number of rotatable bonds is 9. The van der Waals surface area contributed by atoms with Gasteiger partial charge in [-0.2, -0.15) is 10.4 Å². The van der Waals surface area contributed by atoms with Crippen molar-refractivity contribution in [3.63, 3.8) is 0 Å². The first-order valence-electron chi connectivity index (χ1n) is 9.69. The van der Waals surface area contributed by atoms with Gasteiger partial charge in [-0.3, -0.25) is 0 Å². The van der Waals surface area contributed by atoms with Crippen molar-refractivity contribution in [1.29, 1.82) is 5.26 Å². The number of hydrogen-bond donors (Lipinski definition) is 1. The van der Waals surface area contributed by atoms with Crippen LogP contribution in [0.3, 0.4) is 0 Å². The number of unbranched alkanes of at least 4 members (excludes halogenated alkanes) is 3. The highest BCUT2D eigenvalue weighted by atomic mass is 16.3. The minimum atomic E-state index is -0.603. The summed E-state index contributed by atoms with van der Waals surface area (Å²) in [5, 5.41) is 27.6. The van der Waals surface area contributed by atoms with Gasteiger partial charge in [0.25, 0.3) is 0 Å². The largest absolute Gasteiger partial charge is 0.387 e. The summed E-state index contributed by atoms with van der Waals surface area (Å²) in [6.07, 6.45) is 5.58. The summed E-state index contributed by atoms with van der Waals surface area (Å²) in [6, 6.07) is 21.3. The van der Waals surface area contributed by atoms with Gasteiger partial charge in [0, 0.05) is 0 Å². The fourth-order valence-electron chi connectivity index (χ4n) is 3.11. The van der Waals surface area contributed by atoms with Crippen molar-refractivity contribution in [1.82, 2.24) is 15.2 Å². The maximum absolute atomic E-state index is 10.3. The van der Waals surface area contributed by atoms with E-state index in [2.05, 4.69) is 39.4 Å². The first-order valence-corrected chi connectivity index (χ1v) is 9.69. The van der Waals surface area contributed by atoms with Gasteiger partial charge in [-0.25, -0.2) is 4.98 Å². The lowest BCUT2D eigenvalue weighted by Crippen LogP contribution is -2.03. The molecule has 0 aliphatic rings. The van der Waals surface area contributed by atoms with E-state index in [1.54, 1.807) is 30.3 Å². The van der Waals surface area contributed by atoms with Gasteiger partial charge in [-0.1, -0.05) is 55.7 Å². The summed E-state index contributed by atoms with van der Waals surface area (Å²) in [6.45, 7) is 0. The molecule has 0 radical (unpaired) electrons. The van der Waals surface area contributed by atoms with Crippen LogP contribution >= 0.6 is 0 Å². The highest BCUT2D eigenvalue weighted by Crippen LogP contribution is 2.20. The van der Waals surface area contributed by atoms with Gasteiger partial charge in [0.2, 0.25) is 0 Å². The minimum absolute atomic E-state index is 0.343. The standard InChI is InChI=1S/C23H24N4O/c24-17-19-12-8-13-20(25-19)21-15-16-22(27-26-21)23(28)14-7-2-1-4-9-18-10-5-3-6-11-18/h3,5-6,8,10-13,15-16,23,28H,1-2,4,7,9,14H2. The van der Waals surface area contributed by atoms with Gasteiger partial charge < -0.3 is 5.11 Å². The summed E-state index contributed by atoms with van der Waals surface area (Å²) in [7, 11) is 0. The summed E-state index contributed by atoms with van der Waals surface area (Å²) in [4.78, 5) is 4.21. The summed E-state index contributed by atoms with van der Waals surface area (Å²) in [5.74, 6) is 0. The topological polar surface area (TPSA) is 82.7 Å². The van der Waals surface area contributed by atoms with E-state index in [0.29, 0.717) is 29.2 Å². The molecule has 1 aromatic carbocycles. The molecule has 0 fully saturated rings. The predicted molar refractivity (Wildman–Crippen MR) is 108 cm³/mol. The molecule has 0 amide bonds. The molecule has 142 valence electrons. The molecule has 1 atom stereocenters. The maximum Gasteiger partial charge on any atom is 0.141 e. The number of nitriles is 1. The van der Waals surface area contributed by atoms with E-state index in [-0.39, 0.29) is 0 Å². The van der Waals surface area contributed by atoms with Crippen molar-refractivity contribution in [2.75, 3.05) is 0 Å². The number of nitrogens with zero attached hydrogens (tertiary/aromatic N) is 4. The Labute approximate surface area is 165 Å². The molecule has 5 nitrogen and oxygen atoms in total.